The van der Waals surface area contributed by atoms with Crippen molar-refractivity contribution in [2.24, 2.45) is 5.73 Å². The molecule has 5 nitrogen and oxygen atoms in total. The molecule has 0 bridgehead atoms. The highest BCUT2D eigenvalue weighted by molar-refractivity contribution is 5.94. The minimum atomic E-state index is -0.453. The topological polar surface area (TPSA) is 64.2 Å². The monoisotopic (exact) mass is 316 g/mol. The largest absolute Gasteiger partial charge is 0.334 e. The Morgan fingerprint density at radius 3 is 2.78 bits per heavy atom. The van der Waals surface area contributed by atoms with Gasteiger partial charge in [-0.3, -0.25) is 4.79 Å². The molecule has 0 spiro atoms. The average molecular weight is 316 g/mol. The van der Waals surface area contributed by atoms with E-state index >= 15 is 0 Å². The normalized spacial score (nSPS) is 17.7. The van der Waals surface area contributed by atoms with E-state index in [9.17, 15) is 9.18 Å². The zero-order chi connectivity index (χ0) is 16.6. The molecule has 1 amide bonds. The Hall–Kier alpha value is -2.21. The summed E-state index contributed by atoms with van der Waals surface area (Å²) in [5.41, 5.74) is 8.09. The quantitative estimate of drug-likeness (QED) is 0.944. The minimum absolute atomic E-state index is 0.0567. The van der Waals surface area contributed by atoms with Crippen molar-refractivity contribution in [3.8, 4) is 5.69 Å². The lowest BCUT2D eigenvalue weighted by Gasteiger charge is -2.23. The van der Waals surface area contributed by atoms with Crippen LogP contribution in [0.4, 0.5) is 4.39 Å². The van der Waals surface area contributed by atoms with Gasteiger partial charge in [0, 0.05) is 30.4 Å². The van der Waals surface area contributed by atoms with Gasteiger partial charge >= 0.3 is 0 Å². The fourth-order valence-corrected chi connectivity index (χ4v) is 3.20. The van der Waals surface area contributed by atoms with E-state index < -0.39 is 5.82 Å². The van der Waals surface area contributed by atoms with Gasteiger partial charge in [-0.05, 0) is 51.0 Å². The molecule has 2 aromatic rings. The Labute approximate surface area is 134 Å². The van der Waals surface area contributed by atoms with Crippen LogP contribution in [0.2, 0.25) is 0 Å². The average Bonchev–Trinajstić information content (AvgIpc) is 3.12. The van der Waals surface area contributed by atoms with Crippen molar-refractivity contribution >= 4 is 5.91 Å². The standard InChI is InChI=1S/C17H21FN4O/c1-11-8-12(2)22(20-11)16-6-5-13(9-15(16)18)17(23)21-7-3-4-14(21)10-19/h5-6,8-9,14H,3-4,7,10,19H2,1-2H3. The van der Waals surface area contributed by atoms with Gasteiger partial charge in [0.2, 0.25) is 0 Å². The van der Waals surface area contributed by atoms with Crippen LogP contribution in [-0.2, 0) is 0 Å². The van der Waals surface area contributed by atoms with E-state index in [1.165, 1.54) is 6.07 Å². The van der Waals surface area contributed by atoms with E-state index in [0.29, 0.717) is 24.3 Å². The first-order valence-electron chi connectivity index (χ1n) is 7.85. The Morgan fingerprint density at radius 2 is 2.17 bits per heavy atom. The number of carbonyl (C=O) groups excluding carboxylic acids is 1. The van der Waals surface area contributed by atoms with Crippen molar-refractivity contribution in [3.63, 3.8) is 0 Å². The lowest BCUT2D eigenvalue weighted by atomic mass is 10.1. The second-order valence-electron chi connectivity index (χ2n) is 6.04. The summed E-state index contributed by atoms with van der Waals surface area (Å²) in [7, 11) is 0. The number of nitrogens with two attached hydrogens (primary N) is 1. The highest BCUT2D eigenvalue weighted by atomic mass is 19.1. The van der Waals surface area contributed by atoms with Crippen LogP contribution < -0.4 is 5.73 Å². The van der Waals surface area contributed by atoms with Crippen LogP contribution >= 0.6 is 0 Å². The molecule has 1 fully saturated rings. The van der Waals surface area contributed by atoms with Crippen LogP contribution in [0.1, 0.15) is 34.6 Å². The van der Waals surface area contributed by atoms with Gasteiger partial charge in [-0.1, -0.05) is 0 Å². The molecule has 1 atom stereocenters. The Morgan fingerprint density at radius 1 is 1.39 bits per heavy atom. The van der Waals surface area contributed by atoms with Crippen molar-refractivity contribution in [3.05, 3.63) is 47.0 Å². The van der Waals surface area contributed by atoms with E-state index in [2.05, 4.69) is 5.10 Å². The zero-order valence-electron chi connectivity index (χ0n) is 13.4. The number of hydrogen-bond acceptors (Lipinski definition) is 3. The van der Waals surface area contributed by atoms with Gasteiger partial charge in [-0.2, -0.15) is 5.10 Å². The van der Waals surface area contributed by atoms with Crippen LogP contribution in [0.5, 0.6) is 0 Å². The molecule has 1 unspecified atom stereocenters. The Bertz CT molecular complexity index is 740. The second kappa shape index (κ2) is 6.12. The van der Waals surface area contributed by atoms with E-state index in [4.69, 9.17) is 5.73 Å². The van der Waals surface area contributed by atoms with E-state index in [-0.39, 0.29) is 11.9 Å². The Kier molecular flexibility index (Phi) is 4.17. The molecule has 1 aromatic heterocycles. The van der Waals surface area contributed by atoms with Gasteiger partial charge in [0.05, 0.1) is 5.69 Å². The highest BCUT2D eigenvalue weighted by Crippen LogP contribution is 2.22. The molecule has 3 rings (SSSR count). The summed E-state index contributed by atoms with van der Waals surface area (Å²) in [5.74, 6) is -0.609. The van der Waals surface area contributed by atoms with Crippen molar-refractivity contribution in [2.45, 2.75) is 32.7 Å². The SMILES string of the molecule is Cc1cc(C)n(-c2ccc(C(=O)N3CCCC3CN)cc2F)n1. The fraction of sp³-hybridized carbons (Fsp3) is 0.412. The number of nitrogens with zero attached hydrogens (tertiary/aromatic N) is 3. The predicted octanol–water partition coefficient (Wildman–Crippen LogP) is 2.19. The summed E-state index contributed by atoms with van der Waals surface area (Å²) < 4.78 is 16.0. The molecule has 23 heavy (non-hydrogen) atoms. The minimum Gasteiger partial charge on any atom is -0.334 e. The lowest BCUT2D eigenvalue weighted by Crippen LogP contribution is -2.39. The maximum Gasteiger partial charge on any atom is 0.254 e. The molecule has 0 saturated carbocycles. The third-order valence-corrected chi connectivity index (χ3v) is 4.34. The molecule has 122 valence electrons. The third kappa shape index (κ3) is 2.86. The van der Waals surface area contributed by atoms with Gasteiger partial charge in [0.1, 0.15) is 11.5 Å². The third-order valence-electron chi connectivity index (χ3n) is 4.34. The van der Waals surface area contributed by atoms with Crippen LogP contribution in [0, 0.1) is 19.7 Å². The van der Waals surface area contributed by atoms with Crippen molar-refractivity contribution < 1.29 is 9.18 Å². The number of aryl methyl sites for hydroxylation is 2. The smallest absolute Gasteiger partial charge is 0.254 e. The van der Waals surface area contributed by atoms with Crippen LogP contribution in [0.15, 0.2) is 24.3 Å². The first-order valence-corrected chi connectivity index (χ1v) is 7.85. The van der Waals surface area contributed by atoms with Crippen molar-refractivity contribution in [1.29, 1.82) is 0 Å². The zero-order valence-corrected chi connectivity index (χ0v) is 13.4. The number of benzene rings is 1. The maximum absolute atomic E-state index is 14.5. The van der Waals surface area contributed by atoms with Gasteiger partial charge < -0.3 is 10.6 Å². The van der Waals surface area contributed by atoms with Crippen LogP contribution in [0.3, 0.4) is 0 Å². The molecule has 2 heterocycles. The first-order chi connectivity index (χ1) is 11.0. The summed E-state index contributed by atoms with van der Waals surface area (Å²) >= 11 is 0. The molecule has 1 aliphatic heterocycles. The Balaban J connectivity index is 1.90. The molecule has 1 aliphatic rings. The van der Waals surface area contributed by atoms with E-state index in [1.807, 2.05) is 19.9 Å². The van der Waals surface area contributed by atoms with Gasteiger partial charge in [0.15, 0.2) is 0 Å². The molecule has 2 N–H and O–H groups in total. The number of rotatable bonds is 3. The molecule has 1 saturated heterocycles. The number of likely N-dealkylation sites (tertiary alicyclic amines) is 1. The lowest BCUT2D eigenvalue weighted by molar-refractivity contribution is 0.0740. The molecule has 1 aromatic carbocycles. The number of halogens is 1. The molecular weight excluding hydrogens is 295 g/mol. The summed E-state index contributed by atoms with van der Waals surface area (Å²) in [4.78, 5) is 14.3. The van der Waals surface area contributed by atoms with Gasteiger partial charge in [0.25, 0.3) is 5.91 Å². The number of hydrogen-bond donors (Lipinski definition) is 1. The summed E-state index contributed by atoms with van der Waals surface area (Å²) in [6.07, 6.45) is 1.86. The van der Waals surface area contributed by atoms with Gasteiger partial charge in [-0.15, -0.1) is 0 Å². The van der Waals surface area contributed by atoms with Crippen LogP contribution in [-0.4, -0.2) is 39.7 Å². The number of aromatic nitrogens is 2. The molecule has 6 heteroatoms. The fourth-order valence-electron chi connectivity index (χ4n) is 3.20. The number of carbonyl (C=O) groups is 1. The summed E-state index contributed by atoms with van der Waals surface area (Å²) in [6, 6.07) is 6.49. The number of amides is 1. The predicted molar refractivity (Wildman–Crippen MR) is 86.1 cm³/mol. The summed E-state index contributed by atoms with van der Waals surface area (Å²) in [6.45, 7) is 4.85. The first kappa shape index (κ1) is 15.7. The van der Waals surface area contributed by atoms with Crippen LogP contribution in [0.25, 0.3) is 5.69 Å². The molecule has 0 radical (unpaired) electrons. The molecule has 0 aliphatic carbocycles. The second-order valence-corrected chi connectivity index (χ2v) is 6.04. The van der Waals surface area contributed by atoms with E-state index in [1.54, 1.807) is 21.7 Å². The maximum atomic E-state index is 14.5. The molecular formula is C17H21FN4O. The van der Waals surface area contributed by atoms with Crippen molar-refractivity contribution in [1.82, 2.24) is 14.7 Å². The van der Waals surface area contributed by atoms with Gasteiger partial charge in [-0.25, -0.2) is 9.07 Å². The highest BCUT2D eigenvalue weighted by Gasteiger charge is 2.28. The summed E-state index contributed by atoms with van der Waals surface area (Å²) in [5, 5.41) is 4.28. The van der Waals surface area contributed by atoms with Crippen molar-refractivity contribution in [2.75, 3.05) is 13.1 Å². The van der Waals surface area contributed by atoms with E-state index in [0.717, 1.165) is 24.2 Å².